The van der Waals surface area contributed by atoms with Gasteiger partial charge in [0.25, 0.3) is 0 Å². The lowest BCUT2D eigenvalue weighted by atomic mass is 10.1. The maximum absolute atomic E-state index is 12.3. The van der Waals surface area contributed by atoms with Gasteiger partial charge in [-0.25, -0.2) is 9.78 Å². The van der Waals surface area contributed by atoms with Crippen LogP contribution in [0.1, 0.15) is 31.0 Å². The van der Waals surface area contributed by atoms with Crippen LogP contribution >= 0.6 is 11.6 Å². The Kier molecular flexibility index (Phi) is 5.27. The number of aryl methyl sites for hydroxylation is 1. The van der Waals surface area contributed by atoms with Gasteiger partial charge >= 0.3 is 6.03 Å². The van der Waals surface area contributed by atoms with E-state index in [-0.39, 0.29) is 12.1 Å². The number of anilines is 2. The Hall–Kier alpha value is -2.80. The van der Waals surface area contributed by atoms with Gasteiger partial charge in [0.05, 0.1) is 16.9 Å². The number of urea groups is 1. The maximum Gasteiger partial charge on any atom is 0.320 e. The first kappa shape index (κ1) is 18.0. The second-order valence-electron chi connectivity index (χ2n) is 6.05. The van der Waals surface area contributed by atoms with Crippen LogP contribution in [-0.2, 0) is 0 Å². The molecule has 2 amide bonds. The maximum atomic E-state index is 12.3. The van der Waals surface area contributed by atoms with Gasteiger partial charge in [-0.3, -0.25) is 10.4 Å². The molecular formula is C18H21ClN6O. The van der Waals surface area contributed by atoms with Gasteiger partial charge in [0.2, 0.25) is 0 Å². The van der Waals surface area contributed by atoms with Gasteiger partial charge in [-0.05, 0) is 38.0 Å². The van der Waals surface area contributed by atoms with Crippen LogP contribution in [0, 0.1) is 6.92 Å². The minimum atomic E-state index is -0.330. The molecule has 0 saturated heterocycles. The molecule has 8 heteroatoms. The van der Waals surface area contributed by atoms with E-state index >= 15 is 0 Å². The normalized spacial score (nSPS) is 12.0. The second-order valence-corrected chi connectivity index (χ2v) is 6.45. The van der Waals surface area contributed by atoms with E-state index in [0.717, 1.165) is 34.4 Å². The highest BCUT2D eigenvalue weighted by Gasteiger charge is 2.12. The van der Waals surface area contributed by atoms with Crippen molar-refractivity contribution < 1.29 is 4.79 Å². The predicted molar refractivity (Wildman–Crippen MR) is 105 cm³/mol. The molecule has 0 spiro atoms. The number of pyridine rings is 1. The molecule has 3 aromatic rings. The van der Waals surface area contributed by atoms with Gasteiger partial charge in [0.1, 0.15) is 5.82 Å². The smallest absolute Gasteiger partial charge is 0.320 e. The summed E-state index contributed by atoms with van der Waals surface area (Å²) in [6, 6.07) is 6.95. The van der Waals surface area contributed by atoms with Crippen LogP contribution < -0.4 is 16.0 Å². The Labute approximate surface area is 156 Å². The first-order chi connectivity index (χ1) is 12.5. The molecule has 136 valence electrons. The Morgan fingerprint density at radius 2 is 2.15 bits per heavy atom. The average Bonchev–Trinajstić information content (AvgIpc) is 3.00. The van der Waals surface area contributed by atoms with Crippen molar-refractivity contribution in [1.82, 2.24) is 20.5 Å². The zero-order valence-corrected chi connectivity index (χ0v) is 15.6. The zero-order chi connectivity index (χ0) is 18.7. The summed E-state index contributed by atoms with van der Waals surface area (Å²) in [5.74, 6) is 1.19. The Balaban J connectivity index is 1.67. The number of benzene rings is 1. The summed E-state index contributed by atoms with van der Waals surface area (Å²) in [7, 11) is 0. The molecule has 2 aromatic heterocycles. The number of halogens is 1. The number of hydrogen-bond donors (Lipinski definition) is 4. The number of nitrogens with zero attached hydrogens (tertiary/aromatic N) is 2. The molecular weight excluding hydrogens is 352 g/mol. The number of aromatic amines is 1. The van der Waals surface area contributed by atoms with Crippen LogP contribution in [0.15, 0.2) is 30.5 Å². The minimum Gasteiger partial charge on any atom is -0.368 e. The van der Waals surface area contributed by atoms with Crippen molar-refractivity contribution >= 4 is 40.2 Å². The fourth-order valence-corrected chi connectivity index (χ4v) is 2.77. The van der Waals surface area contributed by atoms with Gasteiger partial charge in [0, 0.05) is 23.8 Å². The summed E-state index contributed by atoms with van der Waals surface area (Å²) in [4.78, 5) is 16.5. The van der Waals surface area contributed by atoms with Crippen LogP contribution in [0.3, 0.4) is 0 Å². The molecule has 7 nitrogen and oxygen atoms in total. The van der Waals surface area contributed by atoms with E-state index in [4.69, 9.17) is 11.6 Å². The molecule has 0 bridgehead atoms. The van der Waals surface area contributed by atoms with Crippen molar-refractivity contribution in [2.75, 3.05) is 17.2 Å². The summed E-state index contributed by atoms with van der Waals surface area (Å²) < 4.78 is 0. The molecule has 4 N–H and O–H groups in total. The first-order valence-corrected chi connectivity index (χ1v) is 8.77. The molecule has 3 rings (SSSR count). The number of carbonyl (C=O) groups is 1. The Bertz CT molecular complexity index is 939. The molecule has 0 unspecified atom stereocenters. The Morgan fingerprint density at radius 3 is 2.88 bits per heavy atom. The van der Waals surface area contributed by atoms with E-state index < -0.39 is 0 Å². The predicted octanol–water partition coefficient (Wildman–Crippen LogP) is 4.23. The number of hydrogen-bond acceptors (Lipinski definition) is 4. The highest BCUT2D eigenvalue weighted by molar-refractivity contribution is 6.31. The largest absolute Gasteiger partial charge is 0.368 e. The fourth-order valence-electron chi connectivity index (χ4n) is 2.65. The third kappa shape index (κ3) is 3.88. The highest BCUT2D eigenvalue weighted by Crippen LogP contribution is 2.22. The van der Waals surface area contributed by atoms with Crippen LogP contribution in [-0.4, -0.2) is 27.8 Å². The molecule has 1 atom stereocenters. The van der Waals surface area contributed by atoms with E-state index in [0.29, 0.717) is 10.8 Å². The first-order valence-electron chi connectivity index (χ1n) is 8.39. The molecule has 0 aliphatic heterocycles. The number of H-pyrrole nitrogens is 1. The van der Waals surface area contributed by atoms with Crippen molar-refractivity contribution in [1.29, 1.82) is 0 Å². The molecule has 0 fully saturated rings. The Morgan fingerprint density at radius 1 is 1.35 bits per heavy atom. The van der Waals surface area contributed by atoms with Crippen molar-refractivity contribution in [2.24, 2.45) is 0 Å². The van der Waals surface area contributed by atoms with Gasteiger partial charge in [-0.1, -0.05) is 23.7 Å². The molecule has 0 aliphatic rings. The van der Waals surface area contributed by atoms with Crippen molar-refractivity contribution in [2.45, 2.75) is 26.8 Å². The molecule has 2 heterocycles. The van der Waals surface area contributed by atoms with Gasteiger partial charge in [-0.15, -0.1) is 0 Å². The van der Waals surface area contributed by atoms with E-state index in [1.165, 1.54) is 0 Å². The summed E-state index contributed by atoms with van der Waals surface area (Å²) in [6.07, 6.45) is 1.68. The summed E-state index contributed by atoms with van der Waals surface area (Å²) in [5.41, 5.74) is 2.75. The average molecular weight is 373 g/mol. The number of aromatic nitrogens is 3. The number of rotatable bonds is 5. The molecule has 0 radical (unpaired) electrons. The lowest BCUT2D eigenvalue weighted by molar-refractivity contribution is 0.249. The highest BCUT2D eigenvalue weighted by atomic mass is 35.5. The summed E-state index contributed by atoms with van der Waals surface area (Å²) in [5, 5.41) is 17.5. The second kappa shape index (κ2) is 7.61. The van der Waals surface area contributed by atoms with Crippen molar-refractivity contribution in [3.8, 4) is 0 Å². The molecule has 0 saturated carbocycles. The summed E-state index contributed by atoms with van der Waals surface area (Å²) in [6.45, 7) is 6.61. The van der Waals surface area contributed by atoms with E-state index in [1.807, 2.05) is 39.0 Å². The van der Waals surface area contributed by atoms with Crippen molar-refractivity contribution in [3.05, 3.63) is 46.6 Å². The number of fused-ring (bicyclic) bond motifs is 1. The van der Waals surface area contributed by atoms with E-state index in [9.17, 15) is 4.79 Å². The third-order valence-electron chi connectivity index (χ3n) is 4.06. The van der Waals surface area contributed by atoms with Gasteiger partial charge in [0.15, 0.2) is 5.82 Å². The SMILES string of the molecule is CCNc1n[nH]c2cc(NC(=O)N[C@H](C)c3ccc(Cl)c(C)c3)ncc12. The van der Waals surface area contributed by atoms with E-state index in [2.05, 4.69) is 31.1 Å². The number of nitrogens with one attached hydrogen (secondary N) is 4. The van der Waals surface area contributed by atoms with Crippen LogP contribution in [0.5, 0.6) is 0 Å². The standard InChI is InChI=1S/C18H21ClN6O/c1-4-20-17-13-9-21-16(8-15(13)24-25-17)23-18(26)22-11(3)12-5-6-14(19)10(2)7-12/h5-9,11H,4H2,1-3H3,(H2,20,24,25)(H2,21,22,23,26)/t11-/m1/s1. The minimum absolute atomic E-state index is 0.165. The molecule has 1 aromatic carbocycles. The van der Waals surface area contributed by atoms with Gasteiger partial charge < -0.3 is 10.6 Å². The molecule has 0 aliphatic carbocycles. The topological polar surface area (TPSA) is 94.7 Å². The third-order valence-corrected chi connectivity index (χ3v) is 4.49. The lowest BCUT2D eigenvalue weighted by Gasteiger charge is -2.15. The lowest BCUT2D eigenvalue weighted by Crippen LogP contribution is -2.31. The van der Waals surface area contributed by atoms with Crippen molar-refractivity contribution in [3.63, 3.8) is 0 Å². The van der Waals surface area contributed by atoms with E-state index in [1.54, 1.807) is 12.3 Å². The summed E-state index contributed by atoms with van der Waals surface area (Å²) >= 11 is 6.05. The quantitative estimate of drug-likeness (QED) is 0.539. The number of amides is 2. The number of carbonyl (C=O) groups excluding carboxylic acids is 1. The fraction of sp³-hybridized carbons (Fsp3) is 0.278. The van der Waals surface area contributed by atoms with Crippen LogP contribution in [0.2, 0.25) is 5.02 Å². The zero-order valence-electron chi connectivity index (χ0n) is 14.9. The van der Waals surface area contributed by atoms with Crippen LogP contribution in [0.4, 0.5) is 16.4 Å². The van der Waals surface area contributed by atoms with Gasteiger partial charge in [-0.2, -0.15) is 5.10 Å². The monoisotopic (exact) mass is 372 g/mol. The van der Waals surface area contributed by atoms with Crippen LogP contribution in [0.25, 0.3) is 10.9 Å². The molecule has 26 heavy (non-hydrogen) atoms.